The summed E-state index contributed by atoms with van der Waals surface area (Å²) in [6.45, 7) is 5.07. The van der Waals surface area contributed by atoms with Crippen LogP contribution < -0.4 is 5.32 Å². The van der Waals surface area contributed by atoms with Crippen molar-refractivity contribution in [3.63, 3.8) is 0 Å². The van der Waals surface area contributed by atoms with Gasteiger partial charge in [0.1, 0.15) is 0 Å². The highest BCUT2D eigenvalue weighted by atomic mass is 32.1. The van der Waals surface area contributed by atoms with Crippen molar-refractivity contribution >= 4 is 26.7 Å². The Bertz CT molecular complexity index is 701. The quantitative estimate of drug-likeness (QED) is 0.755. The molecule has 0 fully saturated rings. The van der Waals surface area contributed by atoms with E-state index in [1.54, 1.807) is 11.3 Å². The minimum absolute atomic E-state index is 0.818. The summed E-state index contributed by atoms with van der Waals surface area (Å²) in [5.41, 5.74) is 4.93. The monoisotopic (exact) mass is 268 g/mol. The zero-order valence-corrected chi connectivity index (χ0v) is 11.9. The number of nitrogens with zero attached hydrogens (tertiary/aromatic N) is 1. The van der Waals surface area contributed by atoms with Crippen molar-refractivity contribution in [3.05, 3.63) is 59.2 Å². The van der Waals surface area contributed by atoms with Gasteiger partial charge < -0.3 is 5.32 Å². The van der Waals surface area contributed by atoms with Crippen LogP contribution >= 0.6 is 11.3 Å². The SMILES string of the molecule is Cc1cc(C)c2nc(NCc3ccccc3)sc2c1. The predicted molar refractivity (Wildman–Crippen MR) is 82.9 cm³/mol. The average Bonchev–Trinajstić information content (AvgIpc) is 2.81. The topological polar surface area (TPSA) is 24.9 Å². The van der Waals surface area contributed by atoms with E-state index in [9.17, 15) is 0 Å². The van der Waals surface area contributed by atoms with Crippen molar-refractivity contribution in [2.45, 2.75) is 20.4 Å². The summed E-state index contributed by atoms with van der Waals surface area (Å²) < 4.78 is 1.26. The van der Waals surface area contributed by atoms with Crippen molar-refractivity contribution in [1.82, 2.24) is 4.98 Å². The first kappa shape index (κ1) is 12.2. The molecule has 2 aromatic carbocycles. The molecule has 3 heteroatoms. The summed E-state index contributed by atoms with van der Waals surface area (Å²) in [7, 11) is 0. The number of fused-ring (bicyclic) bond motifs is 1. The van der Waals surface area contributed by atoms with Crippen LogP contribution in [-0.4, -0.2) is 4.98 Å². The average molecular weight is 268 g/mol. The van der Waals surface area contributed by atoms with Crippen LogP contribution in [0.2, 0.25) is 0 Å². The van der Waals surface area contributed by atoms with Gasteiger partial charge in [-0.3, -0.25) is 0 Å². The van der Waals surface area contributed by atoms with Gasteiger partial charge in [0, 0.05) is 6.54 Å². The summed E-state index contributed by atoms with van der Waals surface area (Å²) in [6, 6.07) is 14.8. The van der Waals surface area contributed by atoms with Crippen molar-refractivity contribution < 1.29 is 0 Å². The Morgan fingerprint density at radius 2 is 1.89 bits per heavy atom. The number of hydrogen-bond donors (Lipinski definition) is 1. The number of benzene rings is 2. The Morgan fingerprint density at radius 1 is 1.11 bits per heavy atom. The first-order chi connectivity index (χ1) is 9.22. The number of rotatable bonds is 3. The normalized spacial score (nSPS) is 10.8. The summed E-state index contributed by atoms with van der Waals surface area (Å²) in [4.78, 5) is 4.68. The number of nitrogens with one attached hydrogen (secondary N) is 1. The van der Waals surface area contributed by atoms with Crippen molar-refractivity contribution in [2.24, 2.45) is 0 Å². The van der Waals surface area contributed by atoms with E-state index >= 15 is 0 Å². The highest BCUT2D eigenvalue weighted by Crippen LogP contribution is 2.29. The molecule has 1 N–H and O–H groups in total. The molecule has 3 rings (SSSR count). The van der Waals surface area contributed by atoms with E-state index in [4.69, 9.17) is 0 Å². The number of anilines is 1. The first-order valence-electron chi connectivity index (χ1n) is 6.38. The Hall–Kier alpha value is -1.87. The molecule has 96 valence electrons. The minimum Gasteiger partial charge on any atom is -0.357 e. The van der Waals surface area contributed by atoms with Crippen LogP contribution in [0.25, 0.3) is 10.2 Å². The summed E-state index contributed by atoms with van der Waals surface area (Å²) in [5.74, 6) is 0. The van der Waals surface area contributed by atoms with Gasteiger partial charge in [-0.2, -0.15) is 0 Å². The van der Waals surface area contributed by atoms with E-state index in [1.807, 2.05) is 6.07 Å². The molecule has 0 saturated carbocycles. The first-order valence-corrected chi connectivity index (χ1v) is 7.19. The molecule has 0 aliphatic heterocycles. The van der Waals surface area contributed by atoms with Crippen LogP contribution in [0.15, 0.2) is 42.5 Å². The molecule has 3 aromatic rings. The van der Waals surface area contributed by atoms with Crippen LogP contribution in [0.4, 0.5) is 5.13 Å². The lowest BCUT2D eigenvalue weighted by Crippen LogP contribution is -1.98. The third-order valence-electron chi connectivity index (χ3n) is 3.12. The Morgan fingerprint density at radius 3 is 2.68 bits per heavy atom. The predicted octanol–water partition coefficient (Wildman–Crippen LogP) is 4.53. The van der Waals surface area contributed by atoms with Crippen LogP contribution in [0.5, 0.6) is 0 Å². The lowest BCUT2D eigenvalue weighted by atomic mass is 10.1. The van der Waals surface area contributed by atoms with Crippen molar-refractivity contribution in [2.75, 3.05) is 5.32 Å². The van der Waals surface area contributed by atoms with Gasteiger partial charge in [0.25, 0.3) is 0 Å². The third kappa shape index (κ3) is 2.61. The van der Waals surface area contributed by atoms with Crippen LogP contribution in [-0.2, 0) is 6.54 Å². The van der Waals surface area contributed by atoms with E-state index in [0.717, 1.165) is 17.2 Å². The molecule has 19 heavy (non-hydrogen) atoms. The smallest absolute Gasteiger partial charge is 0.184 e. The third-order valence-corrected chi connectivity index (χ3v) is 4.08. The van der Waals surface area contributed by atoms with E-state index < -0.39 is 0 Å². The van der Waals surface area contributed by atoms with Gasteiger partial charge in [0.15, 0.2) is 5.13 Å². The number of aromatic nitrogens is 1. The second-order valence-electron chi connectivity index (χ2n) is 4.79. The molecule has 0 bridgehead atoms. The summed E-state index contributed by atoms with van der Waals surface area (Å²) in [5, 5.41) is 4.40. The van der Waals surface area contributed by atoms with Crippen LogP contribution in [0, 0.1) is 13.8 Å². The minimum atomic E-state index is 0.818. The van der Waals surface area contributed by atoms with Gasteiger partial charge in [-0.05, 0) is 36.6 Å². The number of thiazole rings is 1. The second kappa shape index (κ2) is 5.02. The van der Waals surface area contributed by atoms with Gasteiger partial charge in [-0.15, -0.1) is 0 Å². The number of hydrogen-bond acceptors (Lipinski definition) is 3. The molecule has 0 amide bonds. The van der Waals surface area contributed by atoms with Gasteiger partial charge in [0.05, 0.1) is 10.2 Å². The maximum atomic E-state index is 4.68. The van der Waals surface area contributed by atoms with E-state index in [-0.39, 0.29) is 0 Å². The zero-order chi connectivity index (χ0) is 13.2. The molecular formula is C16H16N2S. The Balaban J connectivity index is 1.84. The highest BCUT2D eigenvalue weighted by Gasteiger charge is 2.06. The largest absolute Gasteiger partial charge is 0.357 e. The molecular weight excluding hydrogens is 252 g/mol. The van der Waals surface area contributed by atoms with Crippen molar-refractivity contribution in [3.8, 4) is 0 Å². The number of aryl methyl sites for hydroxylation is 2. The molecule has 0 radical (unpaired) electrons. The molecule has 1 aromatic heterocycles. The standard InChI is InChI=1S/C16H16N2S/c1-11-8-12(2)15-14(9-11)19-16(18-15)17-10-13-6-4-3-5-7-13/h3-9H,10H2,1-2H3,(H,17,18). The maximum Gasteiger partial charge on any atom is 0.184 e. The summed E-state index contributed by atoms with van der Waals surface area (Å²) in [6.07, 6.45) is 0. The second-order valence-corrected chi connectivity index (χ2v) is 5.82. The van der Waals surface area contributed by atoms with Gasteiger partial charge in [-0.1, -0.05) is 47.7 Å². The molecule has 0 aliphatic carbocycles. The molecule has 0 atom stereocenters. The molecule has 1 heterocycles. The molecule has 0 unspecified atom stereocenters. The molecule has 2 nitrogen and oxygen atoms in total. The Kier molecular flexibility index (Phi) is 3.22. The van der Waals surface area contributed by atoms with Gasteiger partial charge >= 0.3 is 0 Å². The zero-order valence-electron chi connectivity index (χ0n) is 11.1. The van der Waals surface area contributed by atoms with Crippen LogP contribution in [0.1, 0.15) is 16.7 Å². The van der Waals surface area contributed by atoms with E-state index in [1.165, 1.54) is 21.4 Å². The fourth-order valence-corrected chi connectivity index (χ4v) is 3.26. The van der Waals surface area contributed by atoms with Crippen LogP contribution in [0.3, 0.4) is 0 Å². The lowest BCUT2D eigenvalue weighted by Gasteiger charge is -2.01. The van der Waals surface area contributed by atoms with E-state index in [2.05, 4.69) is 60.5 Å². The van der Waals surface area contributed by atoms with E-state index in [0.29, 0.717) is 0 Å². The molecule has 0 spiro atoms. The Labute approximate surface area is 117 Å². The maximum absolute atomic E-state index is 4.68. The molecule has 0 saturated heterocycles. The van der Waals surface area contributed by atoms with Gasteiger partial charge in [-0.25, -0.2) is 4.98 Å². The van der Waals surface area contributed by atoms with Gasteiger partial charge in [0.2, 0.25) is 0 Å². The lowest BCUT2D eigenvalue weighted by molar-refractivity contribution is 1.14. The summed E-state index contributed by atoms with van der Waals surface area (Å²) >= 11 is 1.72. The molecule has 0 aliphatic rings. The fraction of sp³-hybridized carbons (Fsp3) is 0.188. The van der Waals surface area contributed by atoms with Crippen molar-refractivity contribution in [1.29, 1.82) is 0 Å². The highest BCUT2D eigenvalue weighted by molar-refractivity contribution is 7.22. The fourth-order valence-electron chi connectivity index (χ4n) is 2.22.